The topological polar surface area (TPSA) is 12.9 Å². The van der Waals surface area contributed by atoms with Crippen LogP contribution in [0.5, 0.6) is 0 Å². The van der Waals surface area contributed by atoms with Crippen LogP contribution in [0.4, 0.5) is 4.39 Å². The first-order valence-electron chi connectivity index (χ1n) is 3.42. The lowest BCUT2D eigenvalue weighted by atomic mass is 10.1. The fraction of sp³-hybridized carbons (Fsp3) is 0.375. The molecule has 0 spiro atoms. The van der Waals surface area contributed by atoms with E-state index in [0.29, 0.717) is 0 Å². The molecule has 0 aliphatic rings. The molecular formula is C8H9ClFN. The lowest BCUT2D eigenvalue weighted by Crippen LogP contribution is -1.91. The van der Waals surface area contributed by atoms with Crippen molar-refractivity contribution in [3.8, 4) is 0 Å². The summed E-state index contributed by atoms with van der Waals surface area (Å²) in [4.78, 5) is 3.69. The summed E-state index contributed by atoms with van der Waals surface area (Å²) in [7, 11) is 0. The SMILES string of the molecule is CC(C)c1cnc(Cl)c(F)c1. The predicted molar refractivity (Wildman–Crippen MR) is 43.3 cm³/mol. The van der Waals surface area contributed by atoms with Crippen LogP contribution in [0.2, 0.25) is 5.15 Å². The summed E-state index contributed by atoms with van der Waals surface area (Å²) in [5.74, 6) is -0.160. The maximum Gasteiger partial charge on any atom is 0.164 e. The van der Waals surface area contributed by atoms with Crippen molar-refractivity contribution in [2.75, 3.05) is 0 Å². The van der Waals surface area contributed by atoms with Crippen LogP contribution in [-0.2, 0) is 0 Å². The Morgan fingerprint density at radius 1 is 1.55 bits per heavy atom. The van der Waals surface area contributed by atoms with E-state index in [1.807, 2.05) is 13.8 Å². The number of pyridine rings is 1. The van der Waals surface area contributed by atoms with Gasteiger partial charge in [-0.3, -0.25) is 0 Å². The van der Waals surface area contributed by atoms with E-state index in [-0.39, 0.29) is 11.1 Å². The first kappa shape index (κ1) is 8.47. The Kier molecular flexibility index (Phi) is 2.45. The predicted octanol–water partition coefficient (Wildman–Crippen LogP) is 3.00. The highest BCUT2D eigenvalue weighted by Gasteiger charge is 2.04. The summed E-state index contributed by atoms with van der Waals surface area (Å²) in [5, 5.41) is -0.0607. The largest absolute Gasteiger partial charge is 0.241 e. The zero-order chi connectivity index (χ0) is 8.43. The Hall–Kier alpha value is -0.630. The van der Waals surface area contributed by atoms with Gasteiger partial charge in [0.05, 0.1) is 0 Å². The number of aromatic nitrogens is 1. The monoisotopic (exact) mass is 173 g/mol. The van der Waals surface area contributed by atoms with E-state index in [1.54, 1.807) is 6.20 Å². The Labute approximate surface area is 70.2 Å². The van der Waals surface area contributed by atoms with Gasteiger partial charge in [0.15, 0.2) is 11.0 Å². The Balaban J connectivity index is 3.05. The average molecular weight is 174 g/mol. The Morgan fingerprint density at radius 3 is 2.64 bits per heavy atom. The molecule has 3 heteroatoms. The van der Waals surface area contributed by atoms with Gasteiger partial charge in [0.2, 0.25) is 0 Å². The van der Waals surface area contributed by atoms with Crippen LogP contribution in [0, 0.1) is 5.82 Å². The van der Waals surface area contributed by atoms with E-state index < -0.39 is 5.82 Å². The minimum Gasteiger partial charge on any atom is -0.241 e. The third kappa shape index (κ3) is 1.90. The van der Waals surface area contributed by atoms with Gasteiger partial charge < -0.3 is 0 Å². The van der Waals surface area contributed by atoms with Gasteiger partial charge in [-0.05, 0) is 17.5 Å². The van der Waals surface area contributed by atoms with Gasteiger partial charge in [-0.1, -0.05) is 25.4 Å². The maximum absolute atomic E-state index is 12.7. The molecule has 0 saturated carbocycles. The second-order valence-electron chi connectivity index (χ2n) is 2.70. The first-order valence-corrected chi connectivity index (χ1v) is 3.80. The molecular weight excluding hydrogens is 165 g/mol. The Morgan fingerprint density at radius 2 is 2.18 bits per heavy atom. The van der Waals surface area contributed by atoms with Gasteiger partial charge in [-0.2, -0.15) is 0 Å². The molecule has 0 aromatic carbocycles. The van der Waals surface area contributed by atoms with E-state index in [9.17, 15) is 4.39 Å². The highest BCUT2D eigenvalue weighted by molar-refractivity contribution is 6.29. The molecule has 0 N–H and O–H groups in total. The van der Waals surface area contributed by atoms with Crippen molar-refractivity contribution in [2.24, 2.45) is 0 Å². The van der Waals surface area contributed by atoms with Crippen LogP contribution in [-0.4, -0.2) is 4.98 Å². The molecule has 1 rings (SSSR count). The normalized spacial score (nSPS) is 10.6. The quantitative estimate of drug-likeness (QED) is 0.595. The van der Waals surface area contributed by atoms with Crippen LogP contribution in [0.15, 0.2) is 12.3 Å². The van der Waals surface area contributed by atoms with Gasteiger partial charge >= 0.3 is 0 Å². The Bertz CT molecular complexity index is 260. The number of halogens is 2. The van der Waals surface area contributed by atoms with Gasteiger partial charge in [-0.25, -0.2) is 9.37 Å². The van der Waals surface area contributed by atoms with E-state index >= 15 is 0 Å². The molecule has 0 unspecified atom stereocenters. The van der Waals surface area contributed by atoms with E-state index in [1.165, 1.54) is 6.07 Å². The number of rotatable bonds is 1. The second kappa shape index (κ2) is 3.18. The van der Waals surface area contributed by atoms with Crippen LogP contribution in [0.1, 0.15) is 25.3 Å². The molecule has 0 radical (unpaired) electrons. The van der Waals surface area contributed by atoms with Gasteiger partial charge in [-0.15, -0.1) is 0 Å². The molecule has 0 amide bonds. The molecule has 11 heavy (non-hydrogen) atoms. The van der Waals surface area contributed by atoms with Gasteiger partial charge in [0.1, 0.15) is 0 Å². The maximum atomic E-state index is 12.7. The van der Waals surface area contributed by atoms with Crippen LogP contribution < -0.4 is 0 Å². The van der Waals surface area contributed by atoms with E-state index in [2.05, 4.69) is 4.98 Å². The molecule has 1 aromatic heterocycles. The number of hydrogen-bond acceptors (Lipinski definition) is 1. The molecule has 60 valence electrons. The lowest BCUT2D eigenvalue weighted by Gasteiger charge is -2.03. The molecule has 0 atom stereocenters. The fourth-order valence-corrected chi connectivity index (χ4v) is 0.855. The third-order valence-corrected chi connectivity index (χ3v) is 1.76. The molecule has 0 aliphatic heterocycles. The standard InChI is InChI=1S/C8H9ClFN/c1-5(2)6-3-7(10)8(9)11-4-6/h3-5H,1-2H3. The molecule has 0 aliphatic carbocycles. The molecule has 0 fully saturated rings. The van der Waals surface area contributed by atoms with E-state index in [0.717, 1.165) is 5.56 Å². The van der Waals surface area contributed by atoms with Crippen molar-refractivity contribution >= 4 is 11.6 Å². The molecule has 1 heterocycles. The van der Waals surface area contributed by atoms with Crippen LogP contribution in [0.25, 0.3) is 0 Å². The smallest absolute Gasteiger partial charge is 0.164 e. The highest BCUT2D eigenvalue weighted by Crippen LogP contribution is 2.17. The molecule has 0 bridgehead atoms. The van der Waals surface area contributed by atoms with Crippen molar-refractivity contribution in [3.05, 3.63) is 28.8 Å². The second-order valence-corrected chi connectivity index (χ2v) is 3.05. The van der Waals surface area contributed by atoms with Gasteiger partial charge in [0.25, 0.3) is 0 Å². The van der Waals surface area contributed by atoms with E-state index in [4.69, 9.17) is 11.6 Å². The lowest BCUT2D eigenvalue weighted by molar-refractivity contribution is 0.616. The summed E-state index contributed by atoms with van der Waals surface area (Å²) >= 11 is 5.40. The van der Waals surface area contributed by atoms with Crippen molar-refractivity contribution < 1.29 is 4.39 Å². The molecule has 1 nitrogen and oxygen atoms in total. The number of hydrogen-bond donors (Lipinski definition) is 0. The minimum atomic E-state index is -0.446. The van der Waals surface area contributed by atoms with Crippen LogP contribution >= 0.6 is 11.6 Å². The third-order valence-electron chi connectivity index (χ3n) is 1.48. The first-order chi connectivity index (χ1) is 5.11. The number of nitrogens with zero attached hydrogens (tertiary/aromatic N) is 1. The highest BCUT2D eigenvalue weighted by atomic mass is 35.5. The van der Waals surface area contributed by atoms with Crippen molar-refractivity contribution in [2.45, 2.75) is 19.8 Å². The van der Waals surface area contributed by atoms with Crippen molar-refractivity contribution in [1.29, 1.82) is 0 Å². The zero-order valence-corrected chi connectivity index (χ0v) is 7.19. The van der Waals surface area contributed by atoms with Crippen molar-refractivity contribution in [1.82, 2.24) is 4.98 Å². The minimum absolute atomic E-state index is 0.0607. The average Bonchev–Trinajstić information content (AvgIpc) is 1.94. The summed E-state index contributed by atoms with van der Waals surface area (Å²) in [6.07, 6.45) is 1.59. The summed E-state index contributed by atoms with van der Waals surface area (Å²) in [6.45, 7) is 3.95. The molecule has 0 saturated heterocycles. The summed E-state index contributed by atoms with van der Waals surface area (Å²) < 4.78 is 12.7. The van der Waals surface area contributed by atoms with Crippen LogP contribution in [0.3, 0.4) is 0 Å². The summed E-state index contributed by atoms with van der Waals surface area (Å²) in [5.41, 5.74) is 0.868. The fourth-order valence-electron chi connectivity index (χ4n) is 0.752. The van der Waals surface area contributed by atoms with Crippen molar-refractivity contribution in [3.63, 3.8) is 0 Å². The zero-order valence-electron chi connectivity index (χ0n) is 6.44. The molecule has 1 aromatic rings. The van der Waals surface area contributed by atoms with Gasteiger partial charge in [0, 0.05) is 6.20 Å². The summed E-state index contributed by atoms with van der Waals surface area (Å²) in [6, 6.07) is 1.42.